The Labute approximate surface area is 101 Å². The highest BCUT2D eigenvalue weighted by Gasteiger charge is 1.98. The molecule has 0 spiro atoms. The van der Waals surface area contributed by atoms with E-state index in [1.54, 1.807) is 0 Å². The van der Waals surface area contributed by atoms with E-state index < -0.39 is 0 Å². The van der Waals surface area contributed by atoms with Gasteiger partial charge in [0.25, 0.3) is 0 Å². The number of hydrogen-bond donors (Lipinski definition) is 1. The van der Waals surface area contributed by atoms with Crippen LogP contribution in [0, 0.1) is 0 Å². The van der Waals surface area contributed by atoms with Crippen LogP contribution in [0.2, 0.25) is 0 Å². The number of benzene rings is 1. The molecule has 1 aromatic carbocycles. The fraction of sp³-hybridized carbons (Fsp3) is 0.400. The maximum Gasteiger partial charge on any atom is 0.0638 e. The molecule has 0 aliphatic carbocycles. The fourth-order valence-corrected chi connectivity index (χ4v) is 2.22. The zero-order chi connectivity index (χ0) is 10.4. The maximum absolute atomic E-state index is 5.23. The van der Waals surface area contributed by atoms with Gasteiger partial charge in [0.05, 0.1) is 6.61 Å². The minimum atomic E-state index is 0.735. The van der Waals surface area contributed by atoms with Gasteiger partial charge in [-0.2, -0.15) is 0 Å². The monoisotopic (exact) mass is 321 g/mol. The molecule has 0 amide bonds. The molecule has 0 fully saturated rings. The van der Waals surface area contributed by atoms with Crippen molar-refractivity contribution >= 4 is 37.5 Å². The van der Waals surface area contributed by atoms with Crippen molar-refractivity contribution in [2.24, 2.45) is 0 Å². The maximum atomic E-state index is 5.23. The van der Waals surface area contributed by atoms with E-state index in [-0.39, 0.29) is 0 Å². The molecular weight excluding hydrogens is 310 g/mol. The highest BCUT2D eigenvalue weighted by molar-refractivity contribution is 9.11. The van der Waals surface area contributed by atoms with Crippen LogP contribution in [0.5, 0.6) is 0 Å². The number of ether oxygens (including phenoxy) is 1. The lowest BCUT2D eigenvalue weighted by Gasteiger charge is -2.08. The molecule has 14 heavy (non-hydrogen) atoms. The van der Waals surface area contributed by atoms with Gasteiger partial charge in [0.1, 0.15) is 0 Å². The summed E-state index contributed by atoms with van der Waals surface area (Å²) in [5.74, 6) is 0. The van der Waals surface area contributed by atoms with Gasteiger partial charge in [-0.1, -0.05) is 15.9 Å². The number of hydrogen-bond acceptors (Lipinski definition) is 2. The van der Waals surface area contributed by atoms with Gasteiger partial charge >= 0.3 is 0 Å². The second kappa shape index (κ2) is 6.43. The molecule has 1 N–H and O–H groups in total. The van der Waals surface area contributed by atoms with E-state index in [0.717, 1.165) is 34.4 Å². The molecule has 4 heteroatoms. The van der Waals surface area contributed by atoms with Gasteiger partial charge in [-0.05, 0) is 41.1 Å². The van der Waals surface area contributed by atoms with Crippen molar-refractivity contribution in [2.45, 2.75) is 6.92 Å². The molecule has 2 nitrogen and oxygen atoms in total. The predicted molar refractivity (Wildman–Crippen MR) is 66.8 cm³/mol. The SMILES string of the molecule is CCOCCNc1ccc(Br)cc1Br. The first-order valence-corrected chi connectivity index (χ1v) is 6.09. The van der Waals surface area contributed by atoms with Crippen LogP contribution in [-0.4, -0.2) is 19.8 Å². The van der Waals surface area contributed by atoms with Gasteiger partial charge in [-0.3, -0.25) is 0 Å². The van der Waals surface area contributed by atoms with Crippen LogP contribution in [0.4, 0.5) is 5.69 Å². The molecule has 1 rings (SSSR count). The van der Waals surface area contributed by atoms with Crippen molar-refractivity contribution in [1.29, 1.82) is 0 Å². The molecule has 0 radical (unpaired) electrons. The Morgan fingerprint density at radius 1 is 1.36 bits per heavy atom. The van der Waals surface area contributed by atoms with Crippen molar-refractivity contribution in [3.8, 4) is 0 Å². The summed E-state index contributed by atoms with van der Waals surface area (Å²) in [6, 6.07) is 6.05. The van der Waals surface area contributed by atoms with Crippen LogP contribution in [0.25, 0.3) is 0 Å². The Kier molecular flexibility index (Phi) is 5.52. The van der Waals surface area contributed by atoms with Gasteiger partial charge in [0.2, 0.25) is 0 Å². The molecule has 0 aliphatic heterocycles. The predicted octanol–water partition coefficient (Wildman–Crippen LogP) is 3.66. The third-order valence-corrected chi connectivity index (χ3v) is 2.85. The van der Waals surface area contributed by atoms with E-state index in [1.165, 1.54) is 0 Å². The zero-order valence-corrected chi connectivity index (χ0v) is 11.2. The quantitative estimate of drug-likeness (QED) is 0.835. The van der Waals surface area contributed by atoms with Gasteiger partial charge in [-0.25, -0.2) is 0 Å². The summed E-state index contributed by atoms with van der Waals surface area (Å²) in [5.41, 5.74) is 1.09. The molecule has 0 saturated carbocycles. The largest absolute Gasteiger partial charge is 0.382 e. The van der Waals surface area contributed by atoms with Crippen LogP contribution < -0.4 is 5.32 Å². The normalized spacial score (nSPS) is 10.2. The molecule has 0 aliphatic rings. The minimum Gasteiger partial charge on any atom is -0.382 e. The molecule has 0 unspecified atom stereocenters. The van der Waals surface area contributed by atoms with Crippen LogP contribution in [0.3, 0.4) is 0 Å². The smallest absolute Gasteiger partial charge is 0.0638 e. The average molecular weight is 323 g/mol. The fourth-order valence-electron chi connectivity index (χ4n) is 1.04. The highest BCUT2D eigenvalue weighted by Crippen LogP contribution is 2.25. The highest BCUT2D eigenvalue weighted by atomic mass is 79.9. The third kappa shape index (κ3) is 3.98. The van der Waals surface area contributed by atoms with Gasteiger partial charge < -0.3 is 10.1 Å². The molecule has 1 aromatic rings. The molecule has 0 bridgehead atoms. The standard InChI is InChI=1S/C10H13Br2NO/c1-2-14-6-5-13-10-4-3-8(11)7-9(10)12/h3-4,7,13H,2,5-6H2,1H3. The van der Waals surface area contributed by atoms with E-state index in [4.69, 9.17) is 4.74 Å². The zero-order valence-electron chi connectivity index (χ0n) is 8.02. The van der Waals surface area contributed by atoms with Crippen LogP contribution >= 0.6 is 31.9 Å². The van der Waals surface area contributed by atoms with Crippen LogP contribution in [0.15, 0.2) is 27.1 Å². The van der Waals surface area contributed by atoms with Gasteiger partial charge in [0, 0.05) is 27.8 Å². The third-order valence-electron chi connectivity index (χ3n) is 1.70. The molecular formula is C10H13Br2NO. The van der Waals surface area contributed by atoms with Gasteiger partial charge in [-0.15, -0.1) is 0 Å². The minimum absolute atomic E-state index is 0.735. The first-order chi connectivity index (χ1) is 6.74. The van der Waals surface area contributed by atoms with Crippen molar-refractivity contribution in [3.63, 3.8) is 0 Å². The van der Waals surface area contributed by atoms with Crippen molar-refractivity contribution in [2.75, 3.05) is 25.1 Å². The Morgan fingerprint density at radius 3 is 2.79 bits per heavy atom. The summed E-state index contributed by atoms with van der Waals surface area (Å²) in [6.45, 7) is 4.33. The summed E-state index contributed by atoms with van der Waals surface area (Å²) in [7, 11) is 0. The topological polar surface area (TPSA) is 21.3 Å². The summed E-state index contributed by atoms with van der Waals surface area (Å²) in [6.07, 6.45) is 0. The van der Waals surface area contributed by atoms with Crippen molar-refractivity contribution in [1.82, 2.24) is 0 Å². The summed E-state index contributed by atoms with van der Waals surface area (Å²) in [4.78, 5) is 0. The van der Waals surface area contributed by atoms with Crippen LogP contribution in [0.1, 0.15) is 6.92 Å². The average Bonchev–Trinajstić information content (AvgIpc) is 2.15. The number of anilines is 1. The first kappa shape index (κ1) is 12.0. The second-order valence-electron chi connectivity index (χ2n) is 2.75. The summed E-state index contributed by atoms with van der Waals surface area (Å²) in [5, 5.41) is 3.28. The molecule has 0 saturated heterocycles. The van der Waals surface area contributed by atoms with E-state index in [2.05, 4.69) is 37.2 Å². The first-order valence-electron chi connectivity index (χ1n) is 4.50. The van der Waals surface area contributed by atoms with E-state index in [0.29, 0.717) is 0 Å². The summed E-state index contributed by atoms with van der Waals surface area (Å²) >= 11 is 6.89. The van der Waals surface area contributed by atoms with Gasteiger partial charge in [0.15, 0.2) is 0 Å². The number of halogens is 2. The van der Waals surface area contributed by atoms with Crippen LogP contribution in [-0.2, 0) is 4.74 Å². The number of nitrogens with one attached hydrogen (secondary N) is 1. The van der Waals surface area contributed by atoms with E-state index in [9.17, 15) is 0 Å². The molecule has 0 aromatic heterocycles. The molecule has 0 heterocycles. The van der Waals surface area contributed by atoms with Crippen molar-refractivity contribution < 1.29 is 4.74 Å². The Balaban J connectivity index is 2.42. The lowest BCUT2D eigenvalue weighted by Crippen LogP contribution is -2.09. The molecule has 78 valence electrons. The lowest BCUT2D eigenvalue weighted by atomic mass is 10.3. The van der Waals surface area contributed by atoms with E-state index in [1.807, 2.05) is 25.1 Å². The second-order valence-corrected chi connectivity index (χ2v) is 4.52. The van der Waals surface area contributed by atoms with E-state index >= 15 is 0 Å². The Bertz CT molecular complexity index is 291. The summed E-state index contributed by atoms with van der Waals surface area (Å²) < 4.78 is 7.36. The lowest BCUT2D eigenvalue weighted by molar-refractivity contribution is 0.158. The van der Waals surface area contributed by atoms with Crippen molar-refractivity contribution in [3.05, 3.63) is 27.1 Å². The Morgan fingerprint density at radius 2 is 2.14 bits per heavy atom. The number of rotatable bonds is 5. The molecule has 0 atom stereocenters. The Hall–Kier alpha value is -0.0600.